The maximum atomic E-state index is 13.8. The SMILES string of the molecule is C#CCN1C(=O)[C@]2(CC(=O)Nc3c2cnn3-c2cccc(Cl)c2)c2cccc(C)c21. The molecule has 0 aliphatic carbocycles. The predicted molar refractivity (Wildman–Crippen MR) is 115 cm³/mol. The first-order valence-corrected chi connectivity index (χ1v) is 9.85. The molecule has 7 heteroatoms. The average molecular weight is 417 g/mol. The van der Waals surface area contributed by atoms with E-state index in [1.807, 2.05) is 31.2 Å². The molecule has 1 atom stereocenters. The molecule has 0 radical (unpaired) electrons. The highest BCUT2D eigenvalue weighted by atomic mass is 35.5. The zero-order chi connectivity index (χ0) is 21.0. The number of terminal acetylenes is 1. The number of nitrogens with one attached hydrogen (secondary N) is 1. The van der Waals surface area contributed by atoms with E-state index >= 15 is 0 Å². The molecule has 0 saturated heterocycles. The van der Waals surface area contributed by atoms with E-state index in [2.05, 4.69) is 16.3 Å². The minimum Gasteiger partial charge on any atom is -0.310 e. The van der Waals surface area contributed by atoms with Crippen molar-refractivity contribution in [3.05, 3.63) is 70.4 Å². The van der Waals surface area contributed by atoms with Gasteiger partial charge in [-0.15, -0.1) is 6.42 Å². The molecule has 2 aliphatic rings. The normalized spacial score (nSPS) is 19.4. The molecule has 2 amide bonds. The van der Waals surface area contributed by atoms with Gasteiger partial charge < -0.3 is 5.32 Å². The van der Waals surface area contributed by atoms with Gasteiger partial charge in [0.05, 0.1) is 24.1 Å². The Morgan fingerprint density at radius 3 is 2.80 bits per heavy atom. The Morgan fingerprint density at radius 2 is 2.03 bits per heavy atom. The van der Waals surface area contributed by atoms with Gasteiger partial charge in [-0.2, -0.15) is 5.10 Å². The highest BCUT2D eigenvalue weighted by Gasteiger charge is 2.57. The largest absolute Gasteiger partial charge is 0.310 e. The number of benzene rings is 2. The average Bonchev–Trinajstić information content (AvgIpc) is 3.23. The summed E-state index contributed by atoms with van der Waals surface area (Å²) in [5, 5.41) is 7.94. The van der Waals surface area contributed by atoms with E-state index in [1.54, 1.807) is 34.0 Å². The van der Waals surface area contributed by atoms with Gasteiger partial charge in [-0.25, -0.2) is 4.68 Å². The number of anilines is 2. The Balaban J connectivity index is 1.79. The fourth-order valence-electron chi connectivity index (χ4n) is 4.58. The molecule has 1 aromatic heterocycles. The Morgan fingerprint density at radius 1 is 1.23 bits per heavy atom. The summed E-state index contributed by atoms with van der Waals surface area (Å²) >= 11 is 6.15. The number of nitrogens with zero attached hydrogens (tertiary/aromatic N) is 3. The third-order valence-electron chi connectivity index (χ3n) is 5.79. The molecule has 0 bridgehead atoms. The molecule has 3 heterocycles. The smallest absolute Gasteiger partial charge is 0.243 e. The van der Waals surface area contributed by atoms with Gasteiger partial charge in [-0.05, 0) is 36.2 Å². The maximum Gasteiger partial charge on any atom is 0.243 e. The standard InChI is InChI=1S/C23H17ClN4O2/c1-3-10-27-20-14(2)6-4-9-17(20)23(22(27)30)12-19(29)26-21-18(23)13-25-28(21)16-8-5-7-15(24)11-16/h1,4-9,11,13H,10,12H2,2H3,(H,26,29)/t23-/m1/s1. The maximum absolute atomic E-state index is 13.8. The van der Waals surface area contributed by atoms with E-state index in [-0.39, 0.29) is 24.8 Å². The molecule has 0 unspecified atom stereocenters. The van der Waals surface area contributed by atoms with E-state index < -0.39 is 5.41 Å². The molecule has 0 fully saturated rings. The number of aryl methyl sites for hydroxylation is 1. The summed E-state index contributed by atoms with van der Waals surface area (Å²) < 4.78 is 1.60. The number of amides is 2. The summed E-state index contributed by atoms with van der Waals surface area (Å²) in [4.78, 5) is 28.2. The van der Waals surface area contributed by atoms with Crippen LogP contribution < -0.4 is 10.2 Å². The van der Waals surface area contributed by atoms with Crippen molar-refractivity contribution in [2.24, 2.45) is 0 Å². The second-order valence-corrected chi connectivity index (χ2v) is 7.93. The number of hydrogen-bond acceptors (Lipinski definition) is 3. The van der Waals surface area contributed by atoms with Crippen molar-refractivity contribution in [3.8, 4) is 18.0 Å². The molecular weight excluding hydrogens is 400 g/mol. The zero-order valence-corrected chi connectivity index (χ0v) is 16.9. The zero-order valence-electron chi connectivity index (χ0n) is 16.1. The predicted octanol–water partition coefficient (Wildman–Crippen LogP) is 3.44. The van der Waals surface area contributed by atoms with Crippen molar-refractivity contribution < 1.29 is 9.59 Å². The van der Waals surface area contributed by atoms with Crippen LogP contribution in [0.2, 0.25) is 5.02 Å². The molecule has 148 valence electrons. The Bertz CT molecular complexity index is 1270. The van der Waals surface area contributed by atoms with Gasteiger partial charge >= 0.3 is 0 Å². The lowest BCUT2D eigenvalue weighted by Gasteiger charge is -2.32. The van der Waals surface area contributed by atoms with Crippen molar-refractivity contribution in [1.82, 2.24) is 9.78 Å². The van der Waals surface area contributed by atoms with Gasteiger partial charge in [0, 0.05) is 17.0 Å². The monoisotopic (exact) mass is 416 g/mol. The molecule has 1 N–H and O–H groups in total. The first-order valence-electron chi connectivity index (χ1n) is 9.47. The first kappa shape index (κ1) is 18.5. The van der Waals surface area contributed by atoms with E-state index in [9.17, 15) is 9.59 Å². The van der Waals surface area contributed by atoms with E-state index in [0.717, 1.165) is 16.8 Å². The number of carbonyl (C=O) groups excluding carboxylic acids is 2. The van der Waals surface area contributed by atoms with Crippen molar-refractivity contribution in [1.29, 1.82) is 0 Å². The minimum absolute atomic E-state index is 0.00238. The summed E-state index contributed by atoms with van der Waals surface area (Å²) in [5.41, 5.74) is 2.67. The second-order valence-electron chi connectivity index (χ2n) is 7.50. The number of carbonyl (C=O) groups is 2. The Kier molecular flexibility index (Phi) is 3.99. The molecule has 30 heavy (non-hydrogen) atoms. The Hall–Kier alpha value is -3.56. The lowest BCUT2D eigenvalue weighted by atomic mass is 9.71. The van der Waals surface area contributed by atoms with Gasteiger partial charge in [-0.1, -0.05) is 41.8 Å². The third kappa shape index (κ3) is 2.36. The van der Waals surface area contributed by atoms with Gasteiger partial charge in [0.2, 0.25) is 11.8 Å². The van der Waals surface area contributed by atoms with Crippen LogP contribution in [0.1, 0.15) is 23.1 Å². The van der Waals surface area contributed by atoms with E-state index in [4.69, 9.17) is 18.0 Å². The van der Waals surface area contributed by atoms with Crippen LogP contribution in [-0.4, -0.2) is 28.1 Å². The van der Waals surface area contributed by atoms with Gasteiger partial charge in [0.1, 0.15) is 11.2 Å². The summed E-state index contributed by atoms with van der Waals surface area (Å²) in [7, 11) is 0. The molecule has 3 aromatic rings. The van der Waals surface area contributed by atoms with Gasteiger partial charge in [0.15, 0.2) is 0 Å². The molecular formula is C23H17ClN4O2. The molecule has 5 rings (SSSR count). The number of para-hydroxylation sites is 1. The van der Waals surface area contributed by atoms with Crippen molar-refractivity contribution in [2.45, 2.75) is 18.8 Å². The van der Waals surface area contributed by atoms with Gasteiger partial charge in [-0.3, -0.25) is 14.5 Å². The highest BCUT2D eigenvalue weighted by molar-refractivity contribution is 6.30. The van der Waals surface area contributed by atoms with Crippen LogP contribution in [0.4, 0.5) is 11.5 Å². The number of hydrogen-bond donors (Lipinski definition) is 1. The van der Waals surface area contributed by atoms with Crippen LogP contribution in [0, 0.1) is 19.3 Å². The quantitative estimate of drug-likeness (QED) is 0.651. The number of fused-ring (bicyclic) bond motifs is 4. The second kappa shape index (κ2) is 6.48. The summed E-state index contributed by atoms with van der Waals surface area (Å²) in [6.45, 7) is 2.08. The minimum atomic E-state index is -1.16. The Labute approximate surface area is 178 Å². The topological polar surface area (TPSA) is 67.2 Å². The van der Waals surface area contributed by atoms with E-state index in [1.165, 1.54) is 0 Å². The lowest BCUT2D eigenvalue weighted by molar-refractivity contribution is -0.126. The van der Waals surface area contributed by atoms with Gasteiger partial charge in [0.25, 0.3) is 0 Å². The number of halogens is 1. The van der Waals surface area contributed by atoms with Crippen molar-refractivity contribution in [3.63, 3.8) is 0 Å². The van der Waals surface area contributed by atoms with E-state index in [0.29, 0.717) is 22.1 Å². The number of aromatic nitrogens is 2. The summed E-state index contributed by atoms with van der Waals surface area (Å²) in [6, 6.07) is 12.9. The highest BCUT2D eigenvalue weighted by Crippen LogP contribution is 2.53. The molecule has 2 aliphatic heterocycles. The summed E-state index contributed by atoms with van der Waals surface area (Å²) in [6.07, 6.45) is 7.21. The van der Waals surface area contributed by atoms with Crippen LogP contribution in [0.25, 0.3) is 5.69 Å². The van der Waals surface area contributed by atoms with Crippen molar-refractivity contribution >= 4 is 34.9 Å². The van der Waals surface area contributed by atoms with Crippen LogP contribution >= 0.6 is 11.6 Å². The molecule has 6 nitrogen and oxygen atoms in total. The van der Waals surface area contributed by atoms with Crippen LogP contribution in [0.15, 0.2) is 48.7 Å². The molecule has 1 spiro atoms. The fraction of sp³-hybridized carbons (Fsp3) is 0.174. The lowest BCUT2D eigenvalue weighted by Crippen LogP contribution is -2.46. The van der Waals surface area contributed by atoms with Crippen LogP contribution in [0.5, 0.6) is 0 Å². The fourth-order valence-corrected chi connectivity index (χ4v) is 4.76. The van der Waals surface area contributed by atoms with Crippen LogP contribution in [-0.2, 0) is 15.0 Å². The third-order valence-corrected chi connectivity index (χ3v) is 6.03. The van der Waals surface area contributed by atoms with Crippen molar-refractivity contribution in [2.75, 3.05) is 16.8 Å². The molecule has 2 aromatic carbocycles. The van der Waals surface area contributed by atoms with Crippen LogP contribution in [0.3, 0.4) is 0 Å². The molecule has 0 saturated carbocycles. The summed E-state index contributed by atoms with van der Waals surface area (Å²) in [5.74, 6) is 2.58. The number of rotatable bonds is 2. The first-order chi connectivity index (χ1) is 14.5.